The lowest BCUT2D eigenvalue weighted by molar-refractivity contribution is 1.09. The molecular formula is C9H9N5. The number of fused-ring (bicyclic) bond motifs is 1. The quantitative estimate of drug-likeness (QED) is 0.558. The van der Waals surface area contributed by atoms with Gasteiger partial charge in [-0.2, -0.15) is 5.10 Å². The molecule has 0 atom stereocenters. The van der Waals surface area contributed by atoms with Crippen LogP contribution in [0.15, 0.2) is 43.2 Å². The maximum Gasteiger partial charge on any atom is 0.137 e. The van der Waals surface area contributed by atoms with E-state index in [4.69, 9.17) is 0 Å². The Hall–Kier alpha value is -2.17. The van der Waals surface area contributed by atoms with Crippen molar-refractivity contribution in [3.8, 4) is 0 Å². The van der Waals surface area contributed by atoms with Crippen molar-refractivity contribution >= 4 is 11.0 Å². The Balaban J connectivity index is 0.000000128. The molecule has 5 nitrogen and oxygen atoms in total. The summed E-state index contributed by atoms with van der Waals surface area (Å²) in [7, 11) is 0. The van der Waals surface area contributed by atoms with Gasteiger partial charge in [-0.3, -0.25) is 5.10 Å². The van der Waals surface area contributed by atoms with Crippen LogP contribution in [0.4, 0.5) is 0 Å². The molecule has 5 heteroatoms. The highest BCUT2D eigenvalue weighted by Gasteiger charge is 1.88. The third-order valence-electron chi connectivity index (χ3n) is 1.66. The first kappa shape index (κ1) is 8.43. The third kappa shape index (κ3) is 1.95. The minimum absolute atomic E-state index is 1.03. The van der Waals surface area contributed by atoms with Gasteiger partial charge in [-0.15, -0.1) is 0 Å². The molecule has 3 aromatic rings. The third-order valence-corrected chi connectivity index (χ3v) is 1.66. The standard InChI is InChI=1S/C7H6N2.C2H3N3/c1-2-4-7-6(3-1)8-5-9-7;1-3-2-5-4-1/h1-5H,(H,8,9);1-2H,(H,3,4,5). The van der Waals surface area contributed by atoms with E-state index in [2.05, 4.69) is 25.1 Å². The molecule has 0 amide bonds. The van der Waals surface area contributed by atoms with E-state index in [1.54, 1.807) is 6.33 Å². The SMILES string of the molecule is c1ccc2[nH]cnc2c1.c1nc[nH]n1. The molecule has 0 bridgehead atoms. The van der Waals surface area contributed by atoms with E-state index in [0.717, 1.165) is 11.0 Å². The Kier molecular flexibility index (Phi) is 2.51. The smallest absolute Gasteiger partial charge is 0.137 e. The van der Waals surface area contributed by atoms with Gasteiger partial charge in [0, 0.05) is 0 Å². The van der Waals surface area contributed by atoms with Gasteiger partial charge in [0.1, 0.15) is 12.7 Å². The number of para-hydroxylation sites is 2. The van der Waals surface area contributed by atoms with Gasteiger partial charge in [-0.25, -0.2) is 9.97 Å². The van der Waals surface area contributed by atoms with Gasteiger partial charge in [0.15, 0.2) is 0 Å². The number of aromatic nitrogens is 5. The lowest BCUT2D eigenvalue weighted by atomic mass is 10.3. The first-order valence-corrected chi connectivity index (χ1v) is 4.13. The fourth-order valence-electron chi connectivity index (χ4n) is 1.05. The van der Waals surface area contributed by atoms with Gasteiger partial charge in [-0.05, 0) is 12.1 Å². The van der Waals surface area contributed by atoms with Gasteiger partial charge in [0.2, 0.25) is 0 Å². The van der Waals surface area contributed by atoms with Crippen LogP contribution in [0.1, 0.15) is 0 Å². The summed E-state index contributed by atoms with van der Waals surface area (Å²) in [5.41, 5.74) is 2.12. The molecule has 0 radical (unpaired) electrons. The molecule has 0 saturated heterocycles. The van der Waals surface area contributed by atoms with Gasteiger partial charge in [0.25, 0.3) is 0 Å². The number of hydrogen-bond acceptors (Lipinski definition) is 3. The molecule has 0 spiro atoms. The summed E-state index contributed by atoms with van der Waals surface area (Å²) in [5.74, 6) is 0. The first-order valence-electron chi connectivity index (χ1n) is 4.13. The average Bonchev–Trinajstić information content (AvgIpc) is 2.92. The maximum atomic E-state index is 4.06. The first-order chi connectivity index (χ1) is 6.97. The van der Waals surface area contributed by atoms with Crippen molar-refractivity contribution in [1.82, 2.24) is 25.1 Å². The molecule has 70 valence electrons. The monoisotopic (exact) mass is 187 g/mol. The zero-order valence-corrected chi connectivity index (χ0v) is 7.38. The van der Waals surface area contributed by atoms with E-state index in [-0.39, 0.29) is 0 Å². The van der Waals surface area contributed by atoms with Crippen LogP contribution in [0.5, 0.6) is 0 Å². The molecule has 0 saturated carbocycles. The van der Waals surface area contributed by atoms with E-state index >= 15 is 0 Å². The van der Waals surface area contributed by atoms with Crippen molar-refractivity contribution in [1.29, 1.82) is 0 Å². The molecule has 0 fully saturated rings. The topological polar surface area (TPSA) is 70.2 Å². The van der Waals surface area contributed by atoms with Crippen LogP contribution in [-0.4, -0.2) is 25.1 Å². The Morgan fingerprint density at radius 3 is 2.64 bits per heavy atom. The second-order valence-corrected chi connectivity index (χ2v) is 2.57. The summed E-state index contributed by atoms with van der Waals surface area (Å²) in [4.78, 5) is 10.6. The number of benzene rings is 1. The van der Waals surface area contributed by atoms with Crippen molar-refractivity contribution in [3.05, 3.63) is 43.2 Å². The molecular weight excluding hydrogens is 178 g/mol. The minimum atomic E-state index is 1.03. The summed E-state index contributed by atoms with van der Waals surface area (Å²) in [6, 6.07) is 7.94. The van der Waals surface area contributed by atoms with Crippen LogP contribution >= 0.6 is 0 Å². The average molecular weight is 187 g/mol. The van der Waals surface area contributed by atoms with Crippen LogP contribution in [0.2, 0.25) is 0 Å². The molecule has 0 unspecified atom stereocenters. The van der Waals surface area contributed by atoms with Gasteiger partial charge in [-0.1, -0.05) is 12.1 Å². The Morgan fingerprint density at radius 2 is 2.00 bits per heavy atom. The van der Waals surface area contributed by atoms with E-state index < -0.39 is 0 Å². The summed E-state index contributed by atoms with van der Waals surface area (Å²) in [6.45, 7) is 0. The number of rotatable bonds is 0. The molecule has 2 N–H and O–H groups in total. The number of H-pyrrole nitrogens is 2. The molecule has 0 aliphatic heterocycles. The van der Waals surface area contributed by atoms with Gasteiger partial charge >= 0.3 is 0 Å². The van der Waals surface area contributed by atoms with Crippen molar-refractivity contribution in [2.45, 2.75) is 0 Å². The Morgan fingerprint density at radius 1 is 1.07 bits per heavy atom. The van der Waals surface area contributed by atoms with Crippen molar-refractivity contribution in [2.75, 3.05) is 0 Å². The summed E-state index contributed by atoms with van der Waals surface area (Å²) >= 11 is 0. The zero-order chi connectivity index (χ0) is 9.64. The molecule has 3 rings (SSSR count). The summed E-state index contributed by atoms with van der Waals surface area (Å²) in [5, 5.41) is 5.99. The number of nitrogens with zero attached hydrogens (tertiary/aromatic N) is 3. The molecule has 0 aliphatic rings. The van der Waals surface area contributed by atoms with Crippen LogP contribution in [0, 0.1) is 0 Å². The summed E-state index contributed by atoms with van der Waals surface area (Å²) < 4.78 is 0. The second kappa shape index (κ2) is 4.18. The van der Waals surface area contributed by atoms with Crippen LogP contribution in [-0.2, 0) is 0 Å². The molecule has 2 aromatic heterocycles. The predicted octanol–water partition coefficient (Wildman–Crippen LogP) is 1.37. The number of hydrogen-bond donors (Lipinski definition) is 2. The predicted molar refractivity (Wildman–Crippen MR) is 52.5 cm³/mol. The highest BCUT2D eigenvalue weighted by molar-refractivity contribution is 5.73. The number of aromatic amines is 2. The van der Waals surface area contributed by atoms with E-state index in [9.17, 15) is 0 Å². The number of nitrogens with one attached hydrogen (secondary N) is 2. The lowest BCUT2D eigenvalue weighted by Crippen LogP contribution is -1.63. The minimum Gasteiger partial charge on any atom is -0.345 e. The molecule has 14 heavy (non-hydrogen) atoms. The van der Waals surface area contributed by atoms with E-state index in [1.165, 1.54) is 12.7 Å². The highest BCUT2D eigenvalue weighted by atomic mass is 15.2. The molecule has 0 aliphatic carbocycles. The maximum absolute atomic E-state index is 4.06. The van der Waals surface area contributed by atoms with Crippen LogP contribution in [0.3, 0.4) is 0 Å². The van der Waals surface area contributed by atoms with Gasteiger partial charge in [0.05, 0.1) is 17.4 Å². The second-order valence-electron chi connectivity index (χ2n) is 2.57. The van der Waals surface area contributed by atoms with Crippen LogP contribution in [0.25, 0.3) is 11.0 Å². The van der Waals surface area contributed by atoms with E-state index in [0.29, 0.717) is 0 Å². The lowest BCUT2D eigenvalue weighted by Gasteiger charge is -1.81. The fourth-order valence-corrected chi connectivity index (χ4v) is 1.05. The number of imidazole rings is 1. The zero-order valence-electron chi connectivity index (χ0n) is 7.38. The fraction of sp³-hybridized carbons (Fsp3) is 0. The van der Waals surface area contributed by atoms with Crippen LogP contribution < -0.4 is 0 Å². The Bertz CT molecular complexity index is 423. The molecule has 2 heterocycles. The molecule has 1 aromatic carbocycles. The van der Waals surface area contributed by atoms with E-state index in [1.807, 2.05) is 24.3 Å². The van der Waals surface area contributed by atoms with Crippen molar-refractivity contribution in [3.63, 3.8) is 0 Å². The van der Waals surface area contributed by atoms with Crippen molar-refractivity contribution < 1.29 is 0 Å². The Labute approximate surface area is 80.2 Å². The summed E-state index contributed by atoms with van der Waals surface area (Å²) in [6.07, 6.45) is 4.66. The largest absolute Gasteiger partial charge is 0.345 e. The van der Waals surface area contributed by atoms with Gasteiger partial charge < -0.3 is 4.98 Å². The van der Waals surface area contributed by atoms with Crippen molar-refractivity contribution in [2.24, 2.45) is 0 Å². The normalized spacial score (nSPS) is 9.43. The highest BCUT2D eigenvalue weighted by Crippen LogP contribution is 2.05.